The number of hydrogen-bond donors (Lipinski definition) is 2. The van der Waals surface area contributed by atoms with Gasteiger partial charge in [-0.25, -0.2) is 19.3 Å². The quantitative estimate of drug-likeness (QED) is 0.414. The molecule has 3 aromatic rings. The number of nitrogens with one attached hydrogen (secondary N) is 2. The summed E-state index contributed by atoms with van der Waals surface area (Å²) in [5, 5.41) is 16.0. The lowest BCUT2D eigenvalue weighted by Gasteiger charge is -2.10. The highest BCUT2D eigenvalue weighted by Crippen LogP contribution is 2.23. The van der Waals surface area contributed by atoms with Crippen molar-refractivity contribution in [2.24, 2.45) is 13.0 Å². The third-order valence-corrected chi connectivity index (χ3v) is 4.69. The molecule has 1 amide bonds. The maximum Gasteiger partial charge on any atom is 0.271 e. The fraction of sp³-hybridized carbons (Fsp3) is 0.444. The van der Waals surface area contributed by atoms with E-state index in [1.807, 2.05) is 6.26 Å². The van der Waals surface area contributed by atoms with Crippen LogP contribution < -0.4 is 16.2 Å². The number of aryl methyl sites for hydroxylation is 1. The van der Waals surface area contributed by atoms with E-state index in [9.17, 15) is 9.59 Å². The minimum Gasteiger partial charge on any atom is -0.369 e. The van der Waals surface area contributed by atoms with Crippen LogP contribution in [0, 0.1) is 5.92 Å². The van der Waals surface area contributed by atoms with E-state index in [0.29, 0.717) is 29.8 Å². The van der Waals surface area contributed by atoms with E-state index < -0.39 is 0 Å². The molecule has 0 bridgehead atoms. The van der Waals surface area contributed by atoms with Gasteiger partial charge in [-0.1, -0.05) is 25.6 Å². The number of aromatic nitrogens is 6. The number of fused-ring (bicyclic) bond motifs is 1. The van der Waals surface area contributed by atoms with E-state index in [-0.39, 0.29) is 17.2 Å². The second-order valence-corrected chi connectivity index (χ2v) is 7.65. The van der Waals surface area contributed by atoms with Gasteiger partial charge in [0.2, 0.25) is 0 Å². The van der Waals surface area contributed by atoms with Crippen molar-refractivity contribution in [2.45, 2.75) is 25.5 Å². The van der Waals surface area contributed by atoms with Crippen LogP contribution in [0.3, 0.4) is 0 Å². The zero-order chi connectivity index (χ0) is 21.0. The molecule has 0 aliphatic carbocycles. The van der Waals surface area contributed by atoms with E-state index >= 15 is 0 Å². The van der Waals surface area contributed by atoms with E-state index in [1.54, 1.807) is 10.9 Å². The first kappa shape index (κ1) is 20.8. The summed E-state index contributed by atoms with van der Waals surface area (Å²) in [5.74, 6) is 0.891. The predicted molar refractivity (Wildman–Crippen MR) is 112 cm³/mol. The van der Waals surface area contributed by atoms with Crippen LogP contribution in [0.2, 0.25) is 0 Å². The Morgan fingerprint density at radius 1 is 1.28 bits per heavy atom. The molecule has 10 nitrogen and oxygen atoms in total. The van der Waals surface area contributed by atoms with E-state index in [4.69, 9.17) is 0 Å². The molecule has 154 valence electrons. The summed E-state index contributed by atoms with van der Waals surface area (Å²) in [7, 11) is 1.50. The topological polar surface area (TPSA) is 120 Å². The van der Waals surface area contributed by atoms with Crippen LogP contribution in [-0.2, 0) is 13.6 Å². The Morgan fingerprint density at radius 3 is 2.76 bits per heavy atom. The molecule has 2 N–H and O–H groups in total. The van der Waals surface area contributed by atoms with Crippen molar-refractivity contribution in [3.05, 3.63) is 34.4 Å². The first-order valence-corrected chi connectivity index (χ1v) is 10.5. The normalized spacial score (nSPS) is 11.2. The Hall–Kier alpha value is -2.95. The van der Waals surface area contributed by atoms with Crippen LogP contribution in [0.5, 0.6) is 0 Å². The average Bonchev–Trinajstić information content (AvgIpc) is 3.11. The van der Waals surface area contributed by atoms with Crippen molar-refractivity contribution in [1.29, 1.82) is 0 Å². The van der Waals surface area contributed by atoms with E-state index in [1.165, 1.54) is 30.9 Å². The summed E-state index contributed by atoms with van der Waals surface area (Å²) in [6, 6.07) is 2.72. The molecule has 3 aromatic heterocycles. The monoisotopic (exact) mass is 416 g/mol. The van der Waals surface area contributed by atoms with Crippen molar-refractivity contribution in [1.82, 2.24) is 34.8 Å². The lowest BCUT2D eigenvalue weighted by Crippen LogP contribution is -2.30. The van der Waals surface area contributed by atoms with Crippen molar-refractivity contribution in [3.8, 4) is 0 Å². The number of amides is 1. The Labute approximate surface area is 172 Å². The van der Waals surface area contributed by atoms with Gasteiger partial charge >= 0.3 is 0 Å². The number of rotatable bonds is 8. The van der Waals surface area contributed by atoms with E-state index in [2.05, 4.69) is 44.6 Å². The maximum atomic E-state index is 12.2. The van der Waals surface area contributed by atoms with Gasteiger partial charge in [0.25, 0.3) is 11.5 Å². The minimum absolute atomic E-state index is 0.185. The standard InChI is InChI=1S/C18H24N8O2S/c1-11(2)9-20-15-12-10-21-26(16(12)23-18(22-15)29-4)8-7-19-17(28)13-5-6-14(27)25(3)24-13/h5-6,10-11H,7-9H2,1-4H3,(H,19,28)(H,20,22,23). The first-order valence-electron chi connectivity index (χ1n) is 9.23. The van der Waals surface area contributed by atoms with Crippen LogP contribution in [-0.4, -0.2) is 54.8 Å². The summed E-state index contributed by atoms with van der Waals surface area (Å²) >= 11 is 1.46. The van der Waals surface area contributed by atoms with Crippen LogP contribution in [0.4, 0.5) is 5.82 Å². The number of hydrogen-bond acceptors (Lipinski definition) is 8. The minimum atomic E-state index is -0.351. The number of nitrogens with zero attached hydrogens (tertiary/aromatic N) is 6. The van der Waals surface area contributed by atoms with Gasteiger partial charge in [0.15, 0.2) is 10.8 Å². The zero-order valence-corrected chi connectivity index (χ0v) is 17.7. The predicted octanol–water partition coefficient (Wildman–Crippen LogP) is 1.14. The maximum absolute atomic E-state index is 12.2. The SMILES string of the molecule is CSc1nc(NCC(C)C)c2cnn(CCNC(=O)c3ccc(=O)n(C)n3)c2n1. The van der Waals surface area contributed by atoms with Gasteiger partial charge in [-0.2, -0.15) is 10.2 Å². The molecular formula is C18H24N8O2S. The van der Waals surface area contributed by atoms with Crippen LogP contribution in [0.25, 0.3) is 11.0 Å². The molecule has 0 aromatic carbocycles. The van der Waals surface area contributed by atoms with Gasteiger partial charge in [0, 0.05) is 26.2 Å². The van der Waals surface area contributed by atoms with Crippen molar-refractivity contribution in [2.75, 3.05) is 24.7 Å². The van der Waals surface area contributed by atoms with E-state index in [0.717, 1.165) is 22.4 Å². The third kappa shape index (κ3) is 4.91. The highest BCUT2D eigenvalue weighted by molar-refractivity contribution is 7.98. The van der Waals surface area contributed by atoms with Gasteiger partial charge < -0.3 is 10.6 Å². The molecule has 0 aliphatic heterocycles. The zero-order valence-electron chi connectivity index (χ0n) is 16.8. The first-order chi connectivity index (χ1) is 13.9. The molecule has 0 saturated carbocycles. The number of carbonyl (C=O) groups is 1. The van der Waals surface area contributed by atoms with Gasteiger partial charge in [-0.15, -0.1) is 0 Å². The smallest absolute Gasteiger partial charge is 0.271 e. The van der Waals surface area contributed by atoms with Crippen molar-refractivity contribution in [3.63, 3.8) is 0 Å². The van der Waals surface area contributed by atoms with Gasteiger partial charge in [0.05, 0.1) is 18.1 Å². The molecule has 0 unspecified atom stereocenters. The summed E-state index contributed by atoms with van der Waals surface area (Å²) in [6.45, 7) is 5.84. The third-order valence-electron chi connectivity index (χ3n) is 4.14. The lowest BCUT2D eigenvalue weighted by atomic mass is 10.2. The molecule has 0 radical (unpaired) electrons. The summed E-state index contributed by atoms with van der Waals surface area (Å²) in [6.07, 6.45) is 3.66. The molecule has 0 spiro atoms. The Morgan fingerprint density at radius 2 is 2.07 bits per heavy atom. The Kier molecular flexibility index (Phi) is 6.47. The van der Waals surface area contributed by atoms with Gasteiger partial charge in [-0.05, 0) is 18.2 Å². The molecule has 3 heterocycles. The molecule has 3 rings (SSSR count). The number of carbonyl (C=O) groups excluding carboxylic acids is 1. The van der Waals surface area contributed by atoms with Crippen molar-refractivity contribution < 1.29 is 4.79 Å². The van der Waals surface area contributed by atoms with Gasteiger partial charge in [-0.3, -0.25) is 9.59 Å². The molecule has 0 fully saturated rings. The number of thioether (sulfide) groups is 1. The summed E-state index contributed by atoms with van der Waals surface area (Å²) in [5.41, 5.74) is 0.630. The molecule has 11 heteroatoms. The largest absolute Gasteiger partial charge is 0.369 e. The number of anilines is 1. The molecule has 29 heavy (non-hydrogen) atoms. The molecule has 0 atom stereocenters. The second-order valence-electron chi connectivity index (χ2n) is 6.87. The highest BCUT2D eigenvalue weighted by atomic mass is 32.2. The second kappa shape index (κ2) is 9.03. The van der Waals surface area contributed by atoms with Crippen molar-refractivity contribution >= 4 is 34.5 Å². The molecular weight excluding hydrogens is 392 g/mol. The molecule has 0 aliphatic rings. The Bertz CT molecular complexity index is 1080. The highest BCUT2D eigenvalue weighted by Gasteiger charge is 2.14. The van der Waals surface area contributed by atoms with Crippen LogP contribution >= 0.6 is 11.8 Å². The fourth-order valence-corrected chi connectivity index (χ4v) is 2.98. The van der Waals surface area contributed by atoms with Crippen LogP contribution in [0.15, 0.2) is 28.3 Å². The molecule has 0 saturated heterocycles. The lowest BCUT2D eigenvalue weighted by molar-refractivity contribution is 0.0944. The summed E-state index contributed by atoms with van der Waals surface area (Å²) < 4.78 is 2.87. The Balaban J connectivity index is 1.73. The average molecular weight is 417 g/mol. The van der Waals surface area contributed by atoms with Crippen LogP contribution in [0.1, 0.15) is 24.3 Å². The van der Waals surface area contributed by atoms with Gasteiger partial charge in [0.1, 0.15) is 11.5 Å². The summed E-state index contributed by atoms with van der Waals surface area (Å²) in [4.78, 5) is 32.8. The fourth-order valence-electron chi connectivity index (χ4n) is 2.62.